The molecule has 154 valence electrons. The molecule has 2 atom stereocenters. The first-order valence-electron chi connectivity index (χ1n) is 9.99. The maximum atomic E-state index is 13.5. The number of hydrogen-bond acceptors (Lipinski definition) is 6. The minimum absolute atomic E-state index is 0.0245. The highest BCUT2D eigenvalue weighted by Crippen LogP contribution is 2.34. The third kappa shape index (κ3) is 2.60. The predicted molar refractivity (Wildman–Crippen MR) is 112 cm³/mol. The van der Waals surface area contributed by atoms with Crippen molar-refractivity contribution in [3.05, 3.63) is 59.9 Å². The van der Waals surface area contributed by atoms with Gasteiger partial charge in [0.25, 0.3) is 5.91 Å². The molecule has 2 aromatic carbocycles. The number of aliphatic hydroxyl groups is 1. The van der Waals surface area contributed by atoms with Crippen LogP contribution in [0.4, 0.5) is 4.79 Å². The highest BCUT2D eigenvalue weighted by atomic mass is 16.3. The van der Waals surface area contributed by atoms with Crippen molar-refractivity contribution in [1.29, 1.82) is 0 Å². The number of carbonyl (C=O) groups excluding carboxylic acids is 2. The zero-order valence-electron chi connectivity index (χ0n) is 16.9. The third-order valence-electron chi connectivity index (χ3n) is 6.03. The lowest BCUT2D eigenvalue weighted by Gasteiger charge is -2.40. The number of urea groups is 1. The Morgan fingerprint density at radius 3 is 2.63 bits per heavy atom. The van der Waals surface area contributed by atoms with Crippen molar-refractivity contribution < 1.29 is 14.7 Å². The summed E-state index contributed by atoms with van der Waals surface area (Å²) in [5, 5.41) is 11.5. The maximum Gasteiger partial charge on any atom is 0.328 e. The molecule has 0 radical (unpaired) electrons. The molecule has 3 aliphatic rings. The van der Waals surface area contributed by atoms with Crippen LogP contribution in [0.2, 0.25) is 0 Å². The van der Waals surface area contributed by atoms with Gasteiger partial charge in [-0.15, -0.1) is 0 Å². The smallest absolute Gasteiger partial charge is 0.328 e. The van der Waals surface area contributed by atoms with E-state index in [0.29, 0.717) is 12.5 Å². The highest BCUT2D eigenvalue weighted by Gasteiger charge is 2.54. The second-order valence-electron chi connectivity index (χ2n) is 7.80. The Hall–Kier alpha value is -3.39. The number of guanidine groups is 1. The van der Waals surface area contributed by atoms with Gasteiger partial charge in [-0.05, 0) is 23.3 Å². The van der Waals surface area contributed by atoms with Gasteiger partial charge >= 0.3 is 6.03 Å². The first-order chi connectivity index (χ1) is 14.5. The summed E-state index contributed by atoms with van der Waals surface area (Å²) in [6.45, 7) is 2.49. The van der Waals surface area contributed by atoms with E-state index in [1.165, 1.54) is 9.80 Å². The van der Waals surface area contributed by atoms with Crippen LogP contribution in [0.25, 0.3) is 10.8 Å². The summed E-state index contributed by atoms with van der Waals surface area (Å²) in [4.78, 5) is 37.8. The number of β-amino-alcohol motifs (C(OH)–C–C–N with tert-alkyl or cyclic N) is 1. The standard InChI is InChI=1S/C22H23N5O3/c1-14-12-26-18-19(23-21(26)25(14)10-11-28)24(2)22(30)27(20(18)29)13-16-8-5-7-15-6-3-4-9-17(15)16/h3-9,12,18-19,28H,10-11,13H2,1-2H3. The van der Waals surface area contributed by atoms with E-state index in [4.69, 9.17) is 0 Å². The summed E-state index contributed by atoms with van der Waals surface area (Å²) in [7, 11) is 1.68. The van der Waals surface area contributed by atoms with E-state index in [0.717, 1.165) is 22.0 Å². The van der Waals surface area contributed by atoms with Crippen molar-refractivity contribution in [1.82, 2.24) is 19.6 Å². The minimum Gasteiger partial charge on any atom is -0.395 e. The normalized spacial score (nSPS) is 23.2. The minimum atomic E-state index is -0.601. The van der Waals surface area contributed by atoms with Crippen molar-refractivity contribution in [2.45, 2.75) is 25.7 Å². The van der Waals surface area contributed by atoms with Crippen LogP contribution in [0.5, 0.6) is 0 Å². The van der Waals surface area contributed by atoms with Crippen LogP contribution in [0.15, 0.2) is 59.4 Å². The molecule has 1 N–H and O–H groups in total. The number of aliphatic hydroxyl groups excluding tert-OH is 1. The molecule has 5 rings (SSSR count). The van der Waals surface area contributed by atoms with Crippen molar-refractivity contribution in [3.8, 4) is 0 Å². The zero-order chi connectivity index (χ0) is 21.0. The SMILES string of the molecule is CC1=CN2C(=NC3C2C(=O)N(Cc2cccc4ccccc24)C(=O)N3C)N1CCO. The van der Waals surface area contributed by atoms with Gasteiger partial charge in [0.15, 0.2) is 12.2 Å². The van der Waals surface area contributed by atoms with Gasteiger partial charge in [0, 0.05) is 25.5 Å². The Bertz CT molecular complexity index is 1110. The van der Waals surface area contributed by atoms with E-state index in [1.807, 2.05) is 65.4 Å². The molecular formula is C22H23N5O3. The average molecular weight is 405 g/mol. The fourth-order valence-electron chi connectivity index (χ4n) is 4.52. The number of aliphatic imine (C=N–C) groups is 1. The number of amides is 3. The van der Waals surface area contributed by atoms with Gasteiger partial charge in [-0.3, -0.25) is 9.69 Å². The Morgan fingerprint density at radius 1 is 1.07 bits per heavy atom. The van der Waals surface area contributed by atoms with Crippen LogP contribution in [0.1, 0.15) is 12.5 Å². The average Bonchev–Trinajstić information content (AvgIpc) is 3.26. The van der Waals surface area contributed by atoms with Gasteiger partial charge in [0.05, 0.1) is 13.2 Å². The summed E-state index contributed by atoms with van der Waals surface area (Å²) < 4.78 is 0. The second kappa shape index (κ2) is 6.84. The molecule has 3 amide bonds. The number of allylic oxidation sites excluding steroid dienone is 1. The van der Waals surface area contributed by atoms with E-state index in [9.17, 15) is 14.7 Å². The molecule has 1 saturated heterocycles. The van der Waals surface area contributed by atoms with Gasteiger partial charge < -0.3 is 19.8 Å². The molecular weight excluding hydrogens is 382 g/mol. The fourth-order valence-corrected chi connectivity index (χ4v) is 4.52. The van der Waals surface area contributed by atoms with Gasteiger partial charge in [-0.1, -0.05) is 42.5 Å². The number of fused-ring (bicyclic) bond motifs is 4. The molecule has 30 heavy (non-hydrogen) atoms. The van der Waals surface area contributed by atoms with E-state index in [-0.39, 0.29) is 25.1 Å². The first-order valence-corrected chi connectivity index (χ1v) is 9.99. The Morgan fingerprint density at radius 2 is 1.83 bits per heavy atom. The Kier molecular flexibility index (Phi) is 4.25. The van der Waals surface area contributed by atoms with Crippen LogP contribution in [0.3, 0.4) is 0 Å². The van der Waals surface area contributed by atoms with Crippen LogP contribution >= 0.6 is 0 Å². The Balaban J connectivity index is 1.49. The summed E-state index contributed by atoms with van der Waals surface area (Å²) in [5.74, 6) is 0.348. The fraction of sp³-hybridized carbons (Fsp3) is 0.318. The molecule has 3 aliphatic heterocycles. The van der Waals surface area contributed by atoms with E-state index >= 15 is 0 Å². The van der Waals surface area contributed by atoms with Crippen LogP contribution in [0, 0.1) is 0 Å². The van der Waals surface area contributed by atoms with E-state index in [1.54, 1.807) is 7.05 Å². The number of carbonyl (C=O) groups is 2. The molecule has 8 heteroatoms. The van der Waals surface area contributed by atoms with Crippen molar-refractivity contribution in [2.24, 2.45) is 4.99 Å². The van der Waals surface area contributed by atoms with Crippen LogP contribution in [-0.4, -0.2) is 75.0 Å². The lowest BCUT2D eigenvalue weighted by atomic mass is 10.0. The highest BCUT2D eigenvalue weighted by molar-refractivity contribution is 6.05. The van der Waals surface area contributed by atoms with Crippen molar-refractivity contribution >= 4 is 28.7 Å². The van der Waals surface area contributed by atoms with Crippen LogP contribution < -0.4 is 0 Å². The quantitative estimate of drug-likeness (QED) is 0.839. The molecule has 0 saturated carbocycles. The molecule has 0 bridgehead atoms. The third-order valence-corrected chi connectivity index (χ3v) is 6.03. The number of imide groups is 1. The van der Waals surface area contributed by atoms with Gasteiger partial charge in [-0.2, -0.15) is 0 Å². The number of nitrogens with zero attached hydrogens (tertiary/aromatic N) is 5. The van der Waals surface area contributed by atoms with Crippen molar-refractivity contribution in [3.63, 3.8) is 0 Å². The zero-order valence-corrected chi connectivity index (χ0v) is 16.9. The summed E-state index contributed by atoms with van der Waals surface area (Å²) in [6.07, 6.45) is 1.30. The number of benzene rings is 2. The van der Waals surface area contributed by atoms with E-state index in [2.05, 4.69) is 4.99 Å². The Labute approximate surface area is 174 Å². The van der Waals surface area contributed by atoms with E-state index < -0.39 is 12.2 Å². The molecule has 8 nitrogen and oxygen atoms in total. The van der Waals surface area contributed by atoms with Gasteiger partial charge in [0.1, 0.15) is 0 Å². The summed E-state index contributed by atoms with van der Waals surface area (Å²) in [5.41, 5.74) is 1.84. The lowest BCUT2D eigenvalue weighted by molar-refractivity contribution is -0.137. The molecule has 2 unspecified atom stereocenters. The van der Waals surface area contributed by atoms with Gasteiger partial charge in [-0.25, -0.2) is 9.79 Å². The van der Waals surface area contributed by atoms with Crippen LogP contribution in [-0.2, 0) is 11.3 Å². The molecule has 0 spiro atoms. The largest absolute Gasteiger partial charge is 0.395 e. The van der Waals surface area contributed by atoms with Crippen molar-refractivity contribution in [2.75, 3.05) is 20.2 Å². The number of hydrogen-bond donors (Lipinski definition) is 1. The maximum absolute atomic E-state index is 13.5. The second-order valence-corrected chi connectivity index (χ2v) is 7.80. The lowest BCUT2D eigenvalue weighted by Crippen LogP contribution is -2.63. The topological polar surface area (TPSA) is 79.7 Å². The first kappa shape index (κ1) is 18.6. The molecule has 3 heterocycles. The number of rotatable bonds is 4. The number of likely N-dealkylation sites (N-methyl/N-ethyl adjacent to an activating group) is 1. The molecule has 1 fully saturated rings. The molecule has 0 aromatic heterocycles. The van der Waals surface area contributed by atoms with Gasteiger partial charge in [0.2, 0.25) is 5.96 Å². The summed E-state index contributed by atoms with van der Waals surface area (Å²) in [6, 6.07) is 12.9. The summed E-state index contributed by atoms with van der Waals surface area (Å²) >= 11 is 0. The molecule has 2 aromatic rings. The predicted octanol–water partition coefficient (Wildman–Crippen LogP) is 1.77. The monoisotopic (exact) mass is 405 g/mol. The molecule has 0 aliphatic carbocycles.